The van der Waals surface area contributed by atoms with Crippen molar-refractivity contribution in [2.45, 2.75) is 58.4 Å². The summed E-state index contributed by atoms with van der Waals surface area (Å²) < 4.78 is 8.27. The second-order valence-electron chi connectivity index (χ2n) is 8.72. The highest BCUT2D eigenvalue weighted by atomic mass is 16.5. The molecule has 2 heterocycles. The van der Waals surface area contributed by atoms with Crippen LogP contribution in [0.15, 0.2) is 48.5 Å². The first-order valence-electron chi connectivity index (χ1n) is 11.5. The molecule has 5 heteroatoms. The average Bonchev–Trinajstić information content (AvgIpc) is 3.34. The molecule has 0 bridgehead atoms. The van der Waals surface area contributed by atoms with Crippen molar-refractivity contribution in [3.05, 3.63) is 59.9 Å². The third-order valence-corrected chi connectivity index (χ3v) is 6.24. The number of nitrogens with zero attached hydrogens (tertiary/aromatic N) is 3. The Morgan fingerprint density at radius 3 is 2.58 bits per heavy atom. The van der Waals surface area contributed by atoms with Crippen LogP contribution in [0.25, 0.3) is 11.0 Å². The van der Waals surface area contributed by atoms with Gasteiger partial charge in [-0.3, -0.25) is 4.79 Å². The average molecular weight is 420 g/mol. The number of para-hydroxylation sites is 2. The Morgan fingerprint density at radius 2 is 1.87 bits per heavy atom. The summed E-state index contributed by atoms with van der Waals surface area (Å²) in [6, 6.07) is 16.7. The topological polar surface area (TPSA) is 47.4 Å². The number of benzene rings is 2. The maximum Gasteiger partial charge on any atom is 0.223 e. The van der Waals surface area contributed by atoms with E-state index < -0.39 is 0 Å². The van der Waals surface area contributed by atoms with Crippen LogP contribution in [0.3, 0.4) is 0 Å². The smallest absolute Gasteiger partial charge is 0.223 e. The number of carbonyl (C=O) groups excluding carboxylic acids is 1. The quantitative estimate of drug-likeness (QED) is 0.439. The molecule has 0 radical (unpaired) electrons. The first-order valence-corrected chi connectivity index (χ1v) is 11.5. The summed E-state index contributed by atoms with van der Waals surface area (Å²) in [5, 5.41) is 0. The molecule has 2 aromatic carbocycles. The van der Waals surface area contributed by atoms with Gasteiger partial charge in [0, 0.05) is 32.0 Å². The molecule has 3 aromatic rings. The summed E-state index contributed by atoms with van der Waals surface area (Å²) in [4.78, 5) is 19.1. The van der Waals surface area contributed by atoms with E-state index in [0.29, 0.717) is 18.9 Å². The summed E-state index contributed by atoms with van der Waals surface area (Å²) in [5.74, 6) is 2.93. The number of unbranched alkanes of at least 4 members (excludes halogenated alkanes) is 1. The molecule has 0 aliphatic carbocycles. The van der Waals surface area contributed by atoms with E-state index in [1.165, 1.54) is 5.56 Å². The van der Waals surface area contributed by atoms with E-state index in [0.717, 1.165) is 55.1 Å². The standard InChI is InChI=1S/C26H33N3O2/c1-4-28-18-21(17-25(28)30)26-27-23-9-5-6-10-24(23)29(26)15-7-8-16-31-22-13-11-20(12-14-22)19(2)3/h5-6,9-14,19,21H,4,7-8,15-18H2,1-3H3. The Kier molecular flexibility index (Phi) is 6.59. The SMILES string of the molecule is CCN1CC(c2nc3ccccc3n2CCCCOc2ccc(C(C)C)cc2)CC1=O. The molecule has 31 heavy (non-hydrogen) atoms. The van der Waals surface area contributed by atoms with Gasteiger partial charge in [0.2, 0.25) is 5.91 Å². The van der Waals surface area contributed by atoms with Crippen molar-refractivity contribution in [1.29, 1.82) is 0 Å². The van der Waals surface area contributed by atoms with Gasteiger partial charge in [-0.15, -0.1) is 0 Å². The van der Waals surface area contributed by atoms with Crippen molar-refractivity contribution in [2.24, 2.45) is 0 Å². The summed E-state index contributed by atoms with van der Waals surface area (Å²) in [6.07, 6.45) is 2.55. The normalized spacial score (nSPS) is 16.6. The first-order chi connectivity index (χ1) is 15.1. The van der Waals surface area contributed by atoms with Gasteiger partial charge in [0.05, 0.1) is 17.6 Å². The molecule has 1 aliphatic heterocycles. The fourth-order valence-corrected chi connectivity index (χ4v) is 4.40. The fourth-order valence-electron chi connectivity index (χ4n) is 4.40. The monoisotopic (exact) mass is 419 g/mol. The lowest BCUT2D eigenvalue weighted by atomic mass is 10.0. The summed E-state index contributed by atoms with van der Waals surface area (Å²) in [7, 11) is 0. The van der Waals surface area contributed by atoms with E-state index in [1.54, 1.807) is 0 Å². The highest BCUT2D eigenvalue weighted by Crippen LogP contribution is 2.30. The van der Waals surface area contributed by atoms with Gasteiger partial charge in [-0.25, -0.2) is 4.98 Å². The lowest BCUT2D eigenvalue weighted by Gasteiger charge is -2.15. The predicted octanol–water partition coefficient (Wildman–Crippen LogP) is 5.35. The number of likely N-dealkylation sites (tertiary alicyclic amines) is 1. The molecule has 1 aromatic heterocycles. The zero-order valence-corrected chi connectivity index (χ0v) is 18.9. The van der Waals surface area contributed by atoms with Crippen molar-refractivity contribution in [1.82, 2.24) is 14.5 Å². The van der Waals surface area contributed by atoms with Gasteiger partial charge in [-0.2, -0.15) is 0 Å². The second-order valence-corrected chi connectivity index (χ2v) is 8.72. The van der Waals surface area contributed by atoms with Crippen LogP contribution in [0, 0.1) is 0 Å². The van der Waals surface area contributed by atoms with Crippen molar-refractivity contribution >= 4 is 16.9 Å². The second kappa shape index (κ2) is 9.54. The molecule has 0 saturated carbocycles. The molecule has 1 atom stereocenters. The minimum absolute atomic E-state index is 0.176. The van der Waals surface area contributed by atoms with Gasteiger partial charge in [0.25, 0.3) is 0 Å². The van der Waals surface area contributed by atoms with Crippen LogP contribution in [-0.2, 0) is 11.3 Å². The van der Waals surface area contributed by atoms with E-state index in [1.807, 2.05) is 17.9 Å². The van der Waals surface area contributed by atoms with Crippen molar-refractivity contribution in [2.75, 3.05) is 19.7 Å². The molecule has 1 unspecified atom stereocenters. The molecule has 0 N–H and O–H groups in total. The van der Waals surface area contributed by atoms with Crippen LogP contribution < -0.4 is 4.74 Å². The number of imidazole rings is 1. The zero-order chi connectivity index (χ0) is 21.8. The van der Waals surface area contributed by atoms with Gasteiger partial charge in [0.1, 0.15) is 11.6 Å². The molecule has 1 saturated heterocycles. The van der Waals surface area contributed by atoms with Crippen LogP contribution in [0.2, 0.25) is 0 Å². The molecular formula is C26H33N3O2. The Labute approximate surface area is 185 Å². The van der Waals surface area contributed by atoms with Gasteiger partial charge >= 0.3 is 0 Å². The van der Waals surface area contributed by atoms with Gasteiger partial charge < -0.3 is 14.2 Å². The molecule has 164 valence electrons. The van der Waals surface area contributed by atoms with E-state index in [2.05, 4.69) is 60.9 Å². The van der Waals surface area contributed by atoms with Crippen molar-refractivity contribution < 1.29 is 9.53 Å². The highest BCUT2D eigenvalue weighted by molar-refractivity contribution is 5.80. The number of rotatable bonds is 9. The highest BCUT2D eigenvalue weighted by Gasteiger charge is 2.32. The number of likely N-dealkylation sites (N-methyl/N-ethyl adjacent to an activating group) is 1. The fraction of sp³-hybridized carbons (Fsp3) is 0.462. The van der Waals surface area contributed by atoms with Crippen LogP contribution in [0.5, 0.6) is 5.75 Å². The van der Waals surface area contributed by atoms with Gasteiger partial charge in [0.15, 0.2) is 0 Å². The summed E-state index contributed by atoms with van der Waals surface area (Å²) in [6.45, 7) is 9.58. The molecule has 1 fully saturated rings. The molecule has 1 amide bonds. The van der Waals surface area contributed by atoms with Crippen molar-refractivity contribution in [3.63, 3.8) is 0 Å². The zero-order valence-electron chi connectivity index (χ0n) is 18.9. The third-order valence-electron chi connectivity index (χ3n) is 6.24. The lowest BCUT2D eigenvalue weighted by molar-refractivity contribution is -0.127. The molecular weight excluding hydrogens is 386 g/mol. The summed E-state index contributed by atoms with van der Waals surface area (Å²) in [5.41, 5.74) is 3.50. The van der Waals surface area contributed by atoms with Gasteiger partial charge in [-0.1, -0.05) is 38.1 Å². The number of hydrogen-bond donors (Lipinski definition) is 0. The number of aromatic nitrogens is 2. The molecule has 1 aliphatic rings. The number of fused-ring (bicyclic) bond motifs is 1. The maximum atomic E-state index is 12.3. The predicted molar refractivity (Wildman–Crippen MR) is 125 cm³/mol. The van der Waals surface area contributed by atoms with Gasteiger partial charge in [-0.05, 0) is 55.5 Å². The Hall–Kier alpha value is -2.82. The number of carbonyl (C=O) groups is 1. The van der Waals surface area contributed by atoms with Crippen LogP contribution >= 0.6 is 0 Å². The molecule has 0 spiro atoms. The minimum atomic E-state index is 0.176. The van der Waals surface area contributed by atoms with Crippen LogP contribution in [-0.4, -0.2) is 40.1 Å². The first kappa shape index (κ1) is 21.4. The van der Waals surface area contributed by atoms with E-state index in [-0.39, 0.29) is 11.8 Å². The Balaban J connectivity index is 1.38. The molecule has 4 rings (SSSR count). The number of ether oxygens (including phenoxy) is 1. The number of hydrogen-bond acceptors (Lipinski definition) is 3. The van der Waals surface area contributed by atoms with Crippen LogP contribution in [0.1, 0.15) is 63.3 Å². The summed E-state index contributed by atoms with van der Waals surface area (Å²) >= 11 is 0. The number of amides is 1. The van der Waals surface area contributed by atoms with Crippen LogP contribution in [0.4, 0.5) is 0 Å². The third kappa shape index (κ3) is 4.76. The Morgan fingerprint density at radius 1 is 1.10 bits per heavy atom. The lowest BCUT2D eigenvalue weighted by Crippen LogP contribution is -2.24. The maximum absolute atomic E-state index is 12.3. The number of aryl methyl sites for hydroxylation is 1. The minimum Gasteiger partial charge on any atom is -0.494 e. The molecule has 5 nitrogen and oxygen atoms in total. The largest absolute Gasteiger partial charge is 0.494 e. The van der Waals surface area contributed by atoms with E-state index >= 15 is 0 Å². The Bertz CT molecular complexity index is 1020. The van der Waals surface area contributed by atoms with E-state index in [9.17, 15) is 4.79 Å². The van der Waals surface area contributed by atoms with Crippen molar-refractivity contribution in [3.8, 4) is 5.75 Å². The van der Waals surface area contributed by atoms with E-state index in [4.69, 9.17) is 9.72 Å².